The van der Waals surface area contributed by atoms with Crippen LogP contribution in [0.4, 0.5) is 0 Å². The average Bonchev–Trinajstić information content (AvgIpc) is 3.42. The molecule has 2 saturated heterocycles. The Morgan fingerprint density at radius 2 is 1.92 bits per heavy atom. The highest BCUT2D eigenvalue weighted by molar-refractivity contribution is 5.81. The number of fused-ring (bicyclic) bond motifs is 2. The van der Waals surface area contributed by atoms with E-state index in [9.17, 15) is 4.79 Å². The predicted octanol–water partition coefficient (Wildman–Crippen LogP) is 2.52. The predicted molar refractivity (Wildman–Crippen MR) is 96.8 cm³/mol. The second-order valence-corrected chi connectivity index (χ2v) is 7.99. The Hall–Kier alpha value is -1.75. The van der Waals surface area contributed by atoms with E-state index in [-0.39, 0.29) is 12.0 Å². The highest BCUT2D eigenvalue weighted by atomic mass is 16.5. The van der Waals surface area contributed by atoms with Gasteiger partial charge in [-0.3, -0.25) is 4.79 Å². The van der Waals surface area contributed by atoms with Gasteiger partial charge in [-0.25, -0.2) is 0 Å². The van der Waals surface area contributed by atoms with Gasteiger partial charge in [-0.15, -0.1) is 0 Å². The number of ether oxygens (including phenoxy) is 3. The fourth-order valence-corrected chi connectivity index (χ4v) is 4.92. The maximum Gasteiger partial charge on any atom is 0.251 e. The summed E-state index contributed by atoms with van der Waals surface area (Å²) in [6.07, 6.45) is 6.90. The lowest BCUT2D eigenvalue weighted by Crippen LogP contribution is -2.44. The van der Waals surface area contributed by atoms with Gasteiger partial charge in [0.25, 0.3) is 5.91 Å². The molecule has 0 radical (unpaired) electrons. The Morgan fingerprint density at radius 1 is 1.08 bits per heavy atom. The molecule has 1 unspecified atom stereocenters. The molecule has 1 aromatic rings. The normalized spacial score (nSPS) is 24.9. The van der Waals surface area contributed by atoms with E-state index in [1.54, 1.807) is 0 Å². The number of nitrogens with zero attached hydrogens (tertiary/aromatic N) is 1. The van der Waals surface area contributed by atoms with Crippen LogP contribution >= 0.6 is 0 Å². The Bertz CT molecular complexity index is 670. The van der Waals surface area contributed by atoms with Gasteiger partial charge in [-0.2, -0.15) is 0 Å². The average molecular weight is 357 g/mol. The van der Waals surface area contributed by atoms with Gasteiger partial charge >= 0.3 is 0 Å². The lowest BCUT2D eigenvalue weighted by Gasteiger charge is -2.33. The largest absolute Gasteiger partial charge is 0.493 e. The number of hydrogen-bond donors (Lipinski definition) is 0. The fourth-order valence-electron chi connectivity index (χ4n) is 4.92. The zero-order valence-electron chi connectivity index (χ0n) is 15.3. The molecule has 1 amide bonds. The molecule has 0 spiro atoms. The SMILES string of the molecule is O=C(C1CCCO1)N1CCC(Cc2c3c(cc4c2OCC4)OCC3)CC1. The molecular weight excluding hydrogens is 330 g/mol. The second kappa shape index (κ2) is 6.76. The number of piperidine rings is 1. The molecule has 4 aliphatic rings. The van der Waals surface area contributed by atoms with E-state index in [2.05, 4.69) is 6.07 Å². The summed E-state index contributed by atoms with van der Waals surface area (Å²) in [5.41, 5.74) is 4.06. The smallest absolute Gasteiger partial charge is 0.251 e. The number of carbonyl (C=O) groups excluding carboxylic acids is 1. The maximum absolute atomic E-state index is 12.5. The summed E-state index contributed by atoms with van der Waals surface area (Å²) in [4.78, 5) is 14.6. The van der Waals surface area contributed by atoms with Crippen molar-refractivity contribution in [3.05, 3.63) is 22.8 Å². The van der Waals surface area contributed by atoms with E-state index in [1.807, 2.05) is 4.90 Å². The molecule has 5 rings (SSSR count). The van der Waals surface area contributed by atoms with Crippen LogP contribution < -0.4 is 9.47 Å². The van der Waals surface area contributed by atoms with Crippen molar-refractivity contribution in [2.24, 2.45) is 5.92 Å². The highest BCUT2D eigenvalue weighted by Crippen LogP contribution is 2.42. The minimum absolute atomic E-state index is 0.183. The van der Waals surface area contributed by atoms with Crippen molar-refractivity contribution in [2.45, 2.75) is 51.0 Å². The molecule has 26 heavy (non-hydrogen) atoms. The quantitative estimate of drug-likeness (QED) is 0.834. The summed E-state index contributed by atoms with van der Waals surface area (Å²) in [5.74, 6) is 3.03. The molecule has 0 saturated carbocycles. The van der Waals surface area contributed by atoms with Crippen LogP contribution in [0.1, 0.15) is 42.4 Å². The zero-order chi connectivity index (χ0) is 17.5. The molecule has 0 aliphatic carbocycles. The van der Waals surface area contributed by atoms with Crippen LogP contribution in [0.3, 0.4) is 0 Å². The van der Waals surface area contributed by atoms with Gasteiger partial charge in [0, 0.05) is 49.2 Å². The van der Waals surface area contributed by atoms with Crippen molar-refractivity contribution in [1.82, 2.24) is 4.90 Å². The number of carbonyl (C=O) groups is 1. The van der Waals surface area contributed by atoms with Crippen LogP contribution in [0, 0.1) is 5.92 Å². The molecule has 0 bridgehead atoms. The van der Waals surface area contributed by atoms with Crippen molar-refractivity contribution in [1.29, 1.82) is 0 Å². The molecule has 5 nitrogen and oxygen atoms in total. The van der Waals surface area contributed by atoms with Crippen LogP contribution in [-0.4, -0.2) is 49.8 Å². The summed E-state index contributed by atoms with van der Waals surface area (Å²) in [5, 5.41) is 0. The minimum Gasteiger partial charge on any atom is -0.493 e. The van der Waals surface area contributed by atoms with Gasteiger partial charge in [-0.05, 0) is 44.1 Å². The maximum atomic E-state index is 12.5. The topological polar surface area (TPSA) is 48.0 Å². The third-order valence-corrected chi connectivity index (χ3v) is 6.38. The van der Waals surface area contributed by atoms with Crippen molar-refractivity contribution in [2.75, 3.05) is 32.9 Å². The second-order valence-electron chi connectivity index (χ2n) is 7.99. The van der Waals surface area contributed by atoms with Crippen molar-refractivity contribution in [3.8, 4) is 11.5 Å². The number of rotatable bonds is 3. The van der Waals surface area contributed by atoms with Crippen LogP contribution in [0.15, 0.2) is 6.07 Å². The molecule has 1 atom stereocenters. The number of likely N-dealkylation sites (tertiary alicyclic amines) is 1. The first kappa shape index (κ1) is 16.4. The Kier molecular flexibility index (Phi) is 4.27. The summed E-state index contributed by atoms with van der Waals surface area (Å²) in [6, 6.07) is 2.19. The Labute approximate surface area is 154 Å². The first-order valence-electron chi connectivity index (χ1n) is 10.1. The van der Waals surface area contributed by atoms with E-state index in [1.165, 1.54) is 16.7 Å². The molecule has 140 valence electrons. The number of benzene rings is 1. The molecular formula is C21H27NO4. The van der Waals surface area contributed by atoms with E-state index >= 15 is 0 Å². The first-order chi connectivity index (χ1) is 12.8. The zero-order valence-corrected chi connectivity index (χ0v) is 15.3. The molecule has 5 heteroatoms. The van der Waals surface area contributed by atoms with Crippen molar-refractivity contribution < 1.29 is 19.0 Å². The van der Waals surface area contributed by atoms with Crippen LogP contribution in [-0.2, 0) is 28.8 Å². The van der Waals surface area contributed by atoms with Crippen molar-refractivity contribution >= 4 is 5.91 Å². The number of amides is 1. The minimum atomic E-state index is -0.183. The summed E-state index contributed by atoms with van der Waals surface area (Å²) >= 11 is 0. The van der Waals surface area contributed by atoms with Crippen LogP contribution in [0.25, 0.3) is 0 Å². The lowest BCUT2D eigenvalue weighted by atomic mass is 9.86. The van der Waals surface area contributed by atoms with Gasteiger partial charge < -0.3 is 19.1 Å². The lowest BCUT2D eigenvalue weighted by molar-refractivity contribution is -0.142. The summed E-state index contributed by atoms with van der Waals surface area (Å²) in [7, 11) is 0. The molecule has 0 aromatic heterocycles. The monoisotopic (exact) mass is 357 g/mol. The van der Waals surface area contributed by atoms with E-state index in [4.69, 9.17) is 14.2 Å². The van der Waals surface area contributed by atoms with E-state index in [0.717, 1.165) is 89.4 Å². The highest BCUT2D eigenvalue weighted by Gasteiger charge is 2.33. The fraction of sp³-hybridized carbons (Fsp3) is 0.667. The molecule has 1 aromatic carbocycles. The molecule has 4 aliphatic heterocycles. The Morgan fingerprint density at radius 3 is 2.73 bits per heavy atom. The van der Waals surface area contributed by atoms with E-state index in [0.29, 0.717) is 5.92 Å². The molecule has 2 fully saturated rings. The van der Waals surface area contributed by atoms with Crippen molar-refractivity contribution in [3.63, 3.8) is 0 Å². The first-order valence-corrected chi connectivity index (χ1v) is 10.1. The summed E-state index contributed by atoms with van der Waals surface area (Å²) in [6.45, 7) is 4.04. The Balaban J connectivity index is 1.27. The standard InChI is InChI=1S/C21H27NO4/c23-21(18-2-1-9-24-18)22-7-3-14(4-8-22)12-17-16-6-11-25-19(16)13-15-5-10-26-20(15)17/h13-14,18H,1-12H2. The van der Waals surface area contributed by atoms with Gasteiger partial charge in [0.1, 0.15) is 17.6 Å². The number of hydrogen-bond acceptors (Lipinski definition) is 4. The molecule has 4 heterocycles. The molecule has 0 N–H and O–H groups in total. The van der Waals surface area contributed by atoms with Gasteiger partial charge in [-0.1, -0.05) is 0 Å². The third-order valence-electron chi connectivity index (χ3n) is 6.38. The summed E-state index contributed by atoms with van der Waals surface area (Å²) < 4.78 is 17.4. The van der Waals surface area contributed by atoms with E-state index < -0.39 is 0 Å². The third kappa shape index (κ3) is 2.86. The van der Waals surface area contributed by atoms with Gasteiger partial charge in [0.15, 0.2) is 0 Å². The van der Waals surface area contributed by atoms with Gasteiger partial charge in [0.2, 0.25) is 0 Å². The van der Waals surface area contributed by atoms with Gasteiger partial charge in [0.05, 0.1) is 13.2 Å². The van der Waals surface area contributed by atoms with Crippen LogP contribution in [0.2, 0.25) is 0 Å². The van der Waals surface area contributed by atoms with Crippen LogP contribution in [0.5, 0.6) is 11.5 Å².